The molecule has 5 nitrogen and oxygen atoms in total. The molecule has 0 saturated carbocycles. The van der Waals surface area contributed by atoms with Crippen molar-refractivity contribution in [2.45, 2.75) is 26.3 Å². The van der Waals surface area contributed by atoms with Gasteiger partial charge in [-0.15, -0.1) is 0 Å². The van der Waals surface area contributed by atoms with Gasteiger partial charge in [-0.25, -0.2) is 0 Å². The Bertz CT molecular complexity index is 406. The van der Waals surface area contributed by atoms with Crippen LogP contribution in [0.25, 0.3) is 0 Å². The number of pyridine rings is 1. The van der Waals surface area contributed by atoms with Gasteiger partial charge < -0.3 is 14.4 Å². The van der Waals surface area contributed by atoms with Crippen LogP contribution in [0.15, 0.2) is 18.3 Å². The van der Waals surface area contributed by atoms with Crippen LogP contribution in [-0.2, 0) is 9.47 Å². The Morgan fingerprint density at radius 2 is 2.10 bits per heavy atom. The van der Waals surface area contributed by atoms with Gasteiger partial charge in [0.2, 0.25) is 0 Å². The van der Waals surface area contributed by atoms with Gasteiger partial charge >= 0.3 is 0 Å². The Hall–Kier alpha value is -1.46. The van der Waals surface area contributed by atoms with Crippen LogP contribution in [0.3, 0.4) is 0 Å². The molecule has 0 aromatic carbocycles. The summed E-state index contributed by atoms with van der Waals surface area (Å²) < 4.78 is 10.4. The van der Waals surface area contributed by atoms with Gasteiger partial charge in [0, 0.05) is 33.2 Å². The number of anilines is 1. The van der Waals surface area contributed by atoms with E-state index in [1.54, 1.807) is 26.5 Å². The normalized spacial score (nSPS) is 12.2. The van der Waals surface area contributed by atoms with Crippen LogP contribution in [0, 0.1) is 0 Å². The SMILES string of the molecule is CCC(=O)c1ccc(N(CCOC)C(C)COC)cn1. The first-order valence-electron chi connectivity index (χ1n) is 6.87. The molecular formula is C15H24N2O3. The van der Waals surface area contributed by atoms with Crippen molar-refractivity contribution in [2.24, 2.45) is 0 Å². The lowest BCUT2D eigenvalue weighted by atomic mass is 10.2. The Morgan fingerprint density at radius 3 is 2.60 bits per heavy atom. The molecule has 0 N–H and O–H groups in total. The lowest BCUT2D eigenvalue weighted by Gasteiger charge is -2.30. The first kappa shape index (κ1) is 16.6. The van der Waals surface area contributed by atoms with E-state index in [0.29, 0.717) is 25.3 Å². The number of nitrogens with zero attached hydrogens (tertiary/aromatic N) is 2. The number of hydrogen-bond acceptors (Lipinski definition) is 5. The number of methoxy groups -OCH3 is 2. The highest BCUT2D eigenvalue weighted by Gasteiger charge is 2.15. The van der Waals surface area contributed by atoms with E-state index in [0.717, 1.165) is 12.2 Å². The largest absolute Gasteiger partial charge is 0.383 e. The van der Waals surface area contributed by atoms with Crippen molar-refractivity contribution < 1.29 is 14.3 Å². The summed E-state index contributed by atoms with van der Waals surface area (Å²) in [6.07, 6.45) is 2.21. The van der Waals surface area contributed by atoms with E-state index in [4.69, 9.17) is 9.47 Å². The van der Waals surface area contributed by atoms with E-state index in [2.05, 4.69) is 16.8 Å². The molecule has 1 heterocycles. The van der Waals surface area contributed by atoms with Crippen molar-refractivity contribution in [3.8, 4) is 0 Å². The maximum atomic E-state index is 11.6. The van der Waals surface area contributed by atoms with E-state index < -0.39 is 0 Å². The standard InChI is InChI=1S/C15H24N2O3/c1-5-15(18)14-7-6-13(10-16-14)17(8-9-19-3)12(2)11-20-4/h6-7,10,12H,5,8-9,11H2,1-4H3. The van der Waals surface area contributed by atoms with Crippen LogP contribution >= 0.6 is 0 Å². The van der Waals surface area contributed by atoms with Crippen LogP contribution < -0.4 is 4.90 Å². The molecule has 0 aliphatic heterocycles. The van der Waals surface area contributed by atoms with Crippen LogP contribution in [0.4, 0.5) is 5.69 Å². The predicted octanol–water partition coefficient (Wildman–Crippen LogP) is 2.16. The molecule has 112 valence electrons. The predicted molar refractivity (Wildman–Crippen MR) is 79.4 cm³/mol. The van der Waals surface area contributed by atoms with Crippen molar-refractivity contribution in [1.82, 2.24) is 4.98 Å². The fourth-order valence-electron chi connectivity index (χ4n) is 2.03. The zero-order valence-corrected chi connectivity index (χ0v) is 12.8. The Labute approximate surface area is 120 Å². The molecule has 5 heteroatoms. The number of carbonyl (C=O) groups is 1. The number of hydrogen-bond donors (Lipinski definition) is 0. The van der Waals surface area contributed by atoms with E-state index in [9.17, 15) is 4.79 Å². The van der Waals surface area contributed by atoms with Crippen molar-refractivity contribution in [3.63, 3.8) is 0 Å². The average molecular weight is 280 g/mol. The Morgan fingerprint density at radius 1 is 1.35 bits per heavy atom. The van der Waals surface area contributed by atoms with Gasteiger partial charge in [0.25, 0.3) is 0 Å². The van der Waals surface area contributed by atoms with Gasteiger partial charge in [0.05, 0.1) is 25.1 Å². The topological polar surface area (TPSA) is 51.7 Å². The van der Waals surface area contributed by atoms with Gasteiger partial charge in [0.15, 0.2) is 5.78 Å². The second-order valence-corrected chi connectivity index (χ2v) is 4.67. The smallest absolute Gasteiger partial charge is 0.180 e. The van der Waals surface area contributed by atoms with Crippen molar-refractivity contribution in [3.05, 3.63) is 24.0 Å². The minimum Gasteiger partial charge on any atom is -0.383 e. The van der Waals surface area contributed by atoms with Crippen LogP contribution in [0.5, 0.6) is 0 Å². The second-order valence-electron chi connectivity index (χ2n) is 4.67. The summed E-state index contributed by atoms with van der Waals surface area (Å²) >= 11 is 0. The van der Waals surface area contributed by atoms with Gasteiger partial charge in [-0.05, 0) is 19.1 Å². The molecule has 0 fully saturated rings. The fraction of sp³-hybridized carbons (Fsp3) is 0.600. The number of ketones is 1. The zero-order chi connectivity index (χ0) is 15.0. The van der Waals surface area contributed by atoms with E-state index in [-0.39, 0.29) is 11.8 Å². The number of carbonyl (C=O) groups excluding carboxylic acids is 1. The summed E-state index contributed by atoms with van der Waals surface area (Å²) in [5, 5.41) is 0. The number of Topliss-reactive ketones (excluding diaryl/α,β-unsaturated/α-hetero) is 1. The molecule has 1 aromatic rings. The van der Waals surface area contributed by atoms with Crippen molar-refractivity contribution >= 4 is 11.5 Å². The third kappa shape index (κ3) is 4.58. The summed E-state index contributed by atoms with van der Waals surface area (Å²) in [6, 6.07) is 3.92. The summed E-state index contributed by atoms with van der Waals surface area (Å²) in [4.78, 5) is 18.0. The molecule has 1 rings (SSSR count). The molecule has 0 aliphatic rings. The quantitative estimate of drug-likeness (QED) is 0.649. The average Bonchev–Trinajstić information content (AvgIpc) is 2.48. The molecule has 0 radical (unpaired) electrons. The summed E-state index contributed by atoms with van der Waals surface area (Å²) in [7, 11) is 3.37. The third-order valence-corrected chi connectivity index (χ3v) is 3.16. The maximum Gasteiger partial charge on any atom is 0.180 e. The number of rotatable bonds is 9. The maximum absolute atomic E-state index is 11.6. The monoisotopic (exact) mass is 280 g/mol. The molecule has 0 saturated heterocycles. The Balaban J connectivity index is 2.86. The summed E-state index contributed by atoms with van der Waals surface area (Å²) in [5.41, 5.74) is 1.49. The Kier molecular flexibility index (Phi) is 7.18. The molecule has 1 unspecified atom stereocenters. The van der Waals surface area contributed by atoms with E-state index in [1.165, 1.54) is 0 Å². The highest BCUT2D eigenvalue weighted by Crippen LogP contribution is 2.17. The first-order valence-corrected chi connectivity index (χ1v) is 6.87. The number of ether oxygens (including phenoxy) is 2. The molecule has 0 aliphatic carbocycles. The molecular weight excluding hydrogens is 256 g/mol. The van der Waals surface area contributed by atoms with E-state index in [1.807, 2.05) is 13.0 Å². The zero-order valence-electron chi connectivity index (χ0n) is 12.8. The highest BCUT2D eigenvalue weighted by molar-refractivity contribution is 5.94. The molecule has 0 amide bonds. The lowest BCUT2D eigenvalue weighted by molar-refractivity contribution is 0.0983. The van der Waals surface area contributed by atoms with Gasteiger partial charge in [-0.3, -0.25) is 9.78 Å². The van der Waals surface area contributed by atoms with Crippen molar-refractivity contribution in [1.29, 1.82) is 0 Å². The van der Waals surface area contributed by atoms with E-state index >= 15 is 0 Å². The van der Waals surface area contributed by atoms with Crippen LogP contribution in [-0.4, -0.2) is 50.8 Å². The van der Waals surface area contributed by atoms with Gasteiger partial charge in [-0.2, -0.15) is 0 Å². The minimum absolute atomic E-state index is 0.0601. The van der Waals surface area contributed by atoms with Gasteiger partial charge in [0.1, 0.15) is 5.69 Å². The lowest BCUT2D eigenvalue weighted by Crippen LogP contribution is -2.38. The second kappa shape index (κ2) is 8.66. The first-order chi connectivity index (χ1) is 9.63. The molecule has 1 aromatic heterocycles. The number of aromatic nitrogens is 1. The van der Waals surface area contributed by atoms with Crippen LogP contribution in [0.2, 0.25) is 0 Å². The fourth-order valence-corrected chi connectivity index (χ4v) is 2.03. The highest BCUT2D eigenvalue weighted by atomic mass is 16.5. The molecule has 0 spiro atoms. The molecule has 1 atom stereocenters. The minimum atomic E-state index is 0.0601. The molecule has 20 heavy (non-hydrogen) atoms. The third-order valence-electron chi connectivity index (χ3n) is 3.16. The summed E-state index contributed by atoms with van der Waals surface area (Å²) in [6.45, 7) is 5.93. The van der Waals surface area contributed by atoms with Crippen LogP contribution in [0.1, 0.15) is 30.8 Å². The summed E-state index contributed by atoms with van der Waals surface area (Å²) in [5.74, 6) is 0.0601. The van der Waals surface area contributed by atoms with Crippen molar-refractivity contribution in [2.75, 3.05) is 38.9 Å². The molecule has 0 bridgehead atoms. The van der Waals surface area contributed by atoms with Gasteiger partial charge in [-0.1, -0.05) is 6.92 Å².